The lowest BCUT2D eigenvalue weighted by Crippen LogP contribution is -2.12. The zero-order valence-corrected chi connectivity index (χ0v) is 11.8. The van der Waals surface area contributed by atoms with Crippen LogP contribution in [0.15, 0.2) is 12.3 Å². The van der Waals surface area contributed by atoms with Crippen LogP contribution in [0, 0.1) is 0 Å². The Balaban J connectivity index is 3.09. The molecular formula is C12H14BrNO4. The van der Waals surface area contributed by atoms with E-state index < -0.39 is 11.9 Å². The van der Waals surface area contributed by atoms with Gasteiger partial charge in [0.15, 0.2) is 0 Å². The Morgan fingerprint density at radius 1 is 1.22 bits per heavy atom. The number of rotatable bonds is 5. The Morgan fingerprint density at radius 3 is 2.39 bits per heavy atom. The van der Waals surface area contributed by atoms with Crippen LogP contribution in [0.3, 0.4) is 0 Å². The lowest BCUT2D eigenvalue weighted by molar-refractivity contribution is 0.0523. The molecule has 0 N–H and O–H groups in total. The van der Waals surface area contributed by atoms with Crippen molar-refractivity contribution in [2.75, 3.05) is 13.2 Å². The molecular weight excluding hydrogens is 302 g/mol. The Kier molecular flexibility index (Phi) is 5.77. The minimum atomic E-state index is -0.503. The average Bonchev–Trinajstić information content (AvgIpc) is 2.38. The number of ether oxygens (including phenoxy) is 2. The summed E-state index contributed by atoms with van der Waals surface area (Å²) in [5.74, 6) is -0.998. The summed E-state index contributed by atoms with van der Waals surface area (Å²) in [6, 6.07) is 1.44. The Bertz CT molecular complexity index is 448. The van der Waals surface area contributed by atoms with Crippen LogP contribution in [0.2, 0.25) is 0 Å². The Hall–Kier alpha value is -1.43. The first-order chi connectivity index (χ1) is 8.63. The summed E-state index contributed by atoms with van der Waals surface area (Å²) < 4.78 is 9.77. The van der Waals surface area contributed by atoms with Crippen molar-refractivity contribution < 1.29 is 19.1 Å². The van der Waals surface area contributed by atoms with Gasteiger partial charge in [-0.05, 0) is 19.9 Å². The van der Waals surface area contributed by atoms with Gasteiger partial charge in [-0.1, -0.05) is 15.9 Å². The van der Waals surface area contributed by atoms with Gasteiger partial charge in [-0.15, -0.1) is 0 Å². The molecule has 0 radical (unpaired) electrons. The summed E-state index contributed by atoms with van der Waals surface area (Å²) in [6.45, 7) is 3.97. The molecule has 1 heterocycles. The van der Waals surface area contributed by atoms with Crippen LogP contribution >= 0.6 is 15.9 Å². The molecule has 0 fully saturated rings. The van der Waals surface area contributed by atoms with Gasteiger partial charge in [0.25, 0.3) is 0 Å². The van der Waals surface area contributed by atoms with Crippen molar-refractivity contribution >= 4 is 27.9 Å². The second-order valence-electron chi connectivity index (χ2n) is 3.29. The van der Waals surface area contributed by atoms with Crippen LogP contribution < -0.4 is 0 Å². The number of carbonyl (C=O) groups excluding carboxylic acids is 2. The second-order valence-corrected chi connectivity index (χ2v) is 3.85. The molecule has 18 heavy (non-hydrogen) atoms. The maximum Gasteiger partial charge on any atom is 0.340 e. The van der Waals surface area contributed by atoms with E-state index in [-0.39, 0.29) is 24.3 Å². The number of hydrogen-bond acceptors (Lipinski definition) is 5. The number of halogens is 1. The number of alkyl halides is 1. The van der Waals surface area contributed by atoms with E-state index in [1.165, 1.54) is 12.3 Å². The molecule has 0 bridgehead atoms. The topological polar surface area (TPSA) is 65.5 Å². The first-order valence-electron chi connectivity index (χ1n) is 5.53. The lowest BCUT2D eigenvalue weighted by Gasteiger charge is -2.08. The van der Waals surface area contributed by atoms with Crippen molar-refractivity contribution in [2.45, 2.75) is 19.2 Å². The standard InChI is InChI=1S/C12H14BrNO4/c1-3-17-11(15)8-5-9(12(16)18-4-2)10(6-13)14-7-8/h5,7H,3-4,6H2,1-2H3. The molecule has 0 aliphatic heterocycles. The van der Waals surface area contributed by atoms with Gasteiger partial charge in [0.05, 0.1) is 30.0 Å². The van der Waals surface area contributed by atoms with Crippen LogP contribution in [0.1, 0.15) is 40.3 Å². The van der Waals surface area contributed by atoms with Gasteiger partial charge in [0.1, 0.15) is 0 Å². The van der Waals surface area contributed by atoms with Crippen LogP contribution in [-0.2, 0) is 14.8 Å². The summed E-state index contributed by atoms with van der Waals surface area (Å²) in [4.78, 5) is 27.3. The molecule has 98 valence electrons. The zero-order valence-electron chi connectivity index (χ0n) is 10.2. The van der Waals surface area contributed by atoms with Gasteiger partial charge in [0.2, 0.25) is 0 Å². The minimum Gasteiger partial charge on any atom is -0.462 e. The highest BCUT2D eigenvalue weighted by Gasteiger charge is 2.17. The van der Waals surface area contributed by atoms with Gasteiger partial charge < -0.3 is 9.47 Å². The summed E-state index contributed by atoms with van der Waals surface area (Å²) in [7, 11) is 0. The van der Waals surface area contributed by atoms with E-state index >= 15 is 0 Å². The molecule has 0 aliphatic carbocycles. The molecule has 0 saturated carbocycles. The third-order valence-electron chi connectivity index (χ3n) is 2.10. The van der Waals surface area contributed by atoms with Crippen molar-refractivity contribution in [3.63, 3.8) is 0 Å². The number of nitrogens with zero attached hydrogens (tertiary/aromatic N) is 1. The molecule has 0 saturated heterocycles. The van der Waals surface area contributed by atoms with Crippen LogP contribution in [0.5, 0.6) is 0 Å². The fourth-order valence-electron chi connectivity index (χ4n) is 1.31. The van der Waals surface area contributed by atoms with Crippen molar-refractivity contribution in [1.82, 2.24) is 4.98 Å². The molecule has 5 nitrogen and oxygen atoms in total. The Morgan fingerprint density at radius 2 is 1.83 bits per heavy atom. The predicted octanol–water partition coefficient (Wildman–Crippen LogP) is 2.33. The number of aromatic nitrogens is 1. The Labute approximate surface area is 114 Å². The van der Waals surface area contributed by atoms with Gasteiger partial charge in [-0.2, -0.15) is 0 Å². The van der Waals surface area contributed by atoms with Gasteiger partial charge in [0, 0.05) is 11.5 Å². The molecule has 1 aromatic heterocycles. The summed E-state index contributed by atoms with van der Waals surface area (Å²) in [6.07, 6.45) is 1.39. The SMILES string of the molecule is CCOC(=O)c1cnc(CBr)c(C(=O)OCC)c1. The van der Waals surface area contributed by atoms with Crippen LogP contribution in [-0.4, -0.2) is 30.1 Å². The highest BCUT2D eigenvalue weighted by molar-refractivity contribution is 9.08. The molecule has 0 unspecified atom stereocenters. The van der Waals surface area contributed by atoms with E-state index in [0.717, 1.165) is 0 Å². The van der Waals surface area contributed by atoms with E-state index in [9.17, 15) is 9.59 Å². The molecule has 0 atom stereocenters. The molecule has 0 aliphatic rings. The number of hydrogen-bond donors (Lipinski definition) is 0. The molecule has 6 heteroatoms. The molecule has 1 aromatic rings. The monoisotopic (exact) mass is 315 g/mol. The zero-order chi connectivity index (χ0) is 13.5. The van der Waals surface area contributed by atoms with Crippen molar-refractivity contribution in [1.29, 1.82) is 0 Å². The molecule has 0 aromatic carbocycles. The smallest absolute Gasteiger partial charge is 0.340 e. The highest BCUT2D eigenvalue weighted by Crippen LogP contribution is 2.14. The number of carbonyl (C=O) groups is 2. The van der Waals surface area contributed by atoms with Crippen LogP contribution in [0.4, 0.5) is 0 Å². The fourth-order valence-corrected chi connectivity index (χ4v) is 1.76. The van der Waals surface area contributed by atoms with E-state index in [1.54, 1.807) is 13.8 Å². The number of pyridine rings is 1. The quantitative estimate of drug-likeness (QED) is 0.616. The first-order valence-corrected chi connectivity index (χ1v) is 6.65. The second kappa shape index (κ2) is 7.10. The highest BCUT2D eigenvalue weighted by atomic mass is 79.9. The molecule has 1 rings (SSSR count). The predicted molar refractivity (Wildman–Crippen MR) is 68.8 cm³/mol. The molecule has 0 spiro atoms. The third kappa shape index (κ3) is 3.53. The molecule has 0 amide bonds. The fraction of sp³-hybridized carbons (Fsp3) is 0.417. The van der Waals surface area contributed by atoms with Crippen LogP contribution in [0.25, 0.3) is 0 Å². The van der Waals surface area contributed by atoms with Crippen molar-refractivity contribution in [2.24, 2.45) is 0 Å². The number of esters is 2. The maximum absolute atomic E-state index is 11.7. The summed E-state index contributed by atoms with van der Waals surface area (Å²) in [5, 5.41) is 0.407. The average molecular weight is 316 g/mol. The lowest BCUT2D eigenvalue weighted by atomic mass is 10.1. The summed E-state index contributed by atoms with van der Waals surface area (Å²) in [5.41, 5.74) is 1.05. The first kappa shape index (κ1) is 14.6. The van der Waals surface area contributed by atoms with Gasteiger partial charge >= 0.3 is 11.9 Å². The van der Waals surface area contributed by atoms with E-state index in [1.807, 2.05) is 0 Å². The van der Waals surface area contributed by atoms with Crippen molar-refractivity contribution in [3.8, 4) is 0 Å². The van der Waals surface area contributed by atoms with Gasteiger partial charge in [-0.3, -0.25) is 4.98 Å². The largest absolute Gasteiger partial charge is 0.462 e. The minimum absolute atomic E-state index is 0.240. The van der Waals surface area contributed by atoms with E-state index in [4.69, 9.17) is 9.47 Å². The normalized spacial score (nSPS) is 9.94. The maximum atomic E-state index is 11.7. The van der Waals surface area contributed by atoms with Gasteiger partial charge in [-0.25, -0.2) is 9.59 Å². The van der Waals surface area contributed by atoms with E-state index in [2.05, 4.69) is 20.9 Å². The van der Waals surface area contributed by atoms with E-state index in [0.29, 0.717) is 11.0 Å². The summed E-state index contributed by atoms with van der Waals surface area (Å²) >= 11 is 3.23. The third-order valence-corrected chi connectivity index (χ3v) is 2.63. The van der Waals surface area contributed by atoms with Crippen molar-refractivity contribution in [3.05, 3.63) is 29.1 Å².